The summed E-state index contributed by atoms with van der Waals surface area (Å²) >= 11 is 7.87. The summed E-state index contributed by atoms with van der Waals surface area (Å²) in [5.74, 6) is 0.362. The number of amides is 1. The Balaban J connectivity index is 2.04. The monoisotopic (exact) mass is 319 g/mol. The molecule has 1 aliphatic heterocycles. The van der Waals surface area contributed by atoms with Crippen molar-refractivity contribution in [3.8, 4) is 0 Å². The van der Waals surface area contributed by atoms with E-state index in [0.29, 0.717) is 17.6 Å². The number of halogens is 1. The minimum Gasteiger partial charge on any atom is -0.305 e. The average Bonchev–Trinajstić information content (AvgIpc) is 2.48. The van der Waals surface area contributed by atoms with Crippen LogP contribution in [0.4, 0.5) is 5.69 Å². The molecule has 108 valence electrons. The van der Waals surface area contributed by atoms with Gasteiger partial charge in [0.05, 0.1) is 16.9 Å². The highest BCUT2D eigenvalue weighted by Crippen LogP contribution is 2.38. The predicted octanol–water partition coefficient (Wildman–Crippen LogP) is 3.58. The van der Waals surface area contributed by atoms with Gasteiger partial charge in [0.25, 0.3) is 5.91 Å². The number of carbonyl (C=O) groups is 1. The summed E-state index contributed by atoms with van der Waals surface area (Å²) in [6.07, 6.45) is 1.48. The molecule has 1 aromatic carbocycles. The molecule has 0 spiro atoms. The van der Waals surface area contributed by atoms with E-state index >= 15 is 0 Å². The van der Waals surface area contributed by atoms with Crippen molar-refractivity contribution in [1.29, 1.82) is 0 Å². The maximum Gasteiger partial charge on any atom is 0.278 e. The summed E-state index contributed by atoms with van der Waals surface area (Å²) < 4.78 is 0. The summed E-state index contributed by atoms with van der Waals surface area (Å²) in [6, 6.07) is 7.90. The van der Waals surface area contributed by atoms with Gasteiger partial charge in [-0.25, -0.2) is 9.97 Å². The van der Waals surface area contributed by atoms with Crippen molar-refractivity contribution in [2.24, 2.45) is 0 Å². The van der Waals surface area contributed by atoms with Crippen LogP contribution in [0.5, 0.6) is 0 Å². The lowest BCUT2D eigenvalue weighted by atomic mass is 10.2. The highest BCUT2D eigenvalue weighted by Gasteiger charge is 2.29. The number of anilines is 1. The Morgan fingerprint density at radius 2 is 2.19 bits per heavy atom. The first-order valence-corrected chi connectivity index (χ1v) is 7.88. The molecule has 2 aromatic rings. The van der Waals surface area contributed by atoms with Gasteiger partial charge in [0, 0.05) is 16.7 Å². The molecule has 0 N–H and O–H groups in total. The van der Waals surface area contributed by atoms with E-state index in [4.69, 9.17) is 11.6 Å². The molecule has 0 fully saturated rings. The molecule has 0 saturated heterocycles. The molecule has 0 aliphatic carbocycles. The molecular formula is C15H14ClN3OS. The Morgan fingerprint density at radius 1 is 1.43 bits per heavy atom. The molecule has 6 heteroatoms. The summed E-state index contributed by atoms with van der Waals surface area (Å²) in [7, 11) is 0. The zero-order valence-electron chi connectivity index (χ0n) is 11.7. The fraction of sp³-hybridized carbons (Fsp3) is 0.267. The highest BCUT2D eigenvalue weighted by molar-refractivity contribution is 8.00. The van der Waals surface area contributed by atoms with Crippen molar-refractivity contribution in [3.63, 3.8) is 0 Å². The van der Waals surface area contributed by atoms with Crippen LogP contribution < -0.4 is 4.90 Å². The van der Waals surface area contributed by atoms with E-state index in [0.717, 1.165) is 10.6 Å². The van der Waals surface area contributed by atoms with Gasteiger partial charge in [0.2, 0.25) is 0 Å². The van der Waals surface area contributed by atoms with Gasteiger partial charge < -0.3 is 4.90 Å². The number of fused-ring (bicyclic) bond motifs is 1. The number of rotatable bonds is 1. The molecule has 0 saturated carbocycles. The van der Waals surface area contributed by atoms with Gasteiger partial charge in [0.15, 0.2) is 5.69 Å². The Hall–Kier alpha value is -1.59. The number of para-hydroxylation sites is 1. The highest BCUT2D eigenvalue weighted by atomic mass is 35.5. The van der Waals surface area contributed by atoms with Crippen LogP contribution >= 0.6 is 23.4 Å². The third-order valence-corrected chi connectivity index (χ3v) is 4.66. The number of hydrogen-bond donors (Lipinski definition) is 0. The first kappa shape index (κ1) is 14.4. The molecule has 0 unspecified atom stereocenters. The molecule has 0 radical (unpaired) electrons. The van der Waals surface area contributed by atoms with Gasteiger partial charge in [-0.2, -0.15) is 0 Å². The van der Waals surface area contributed by atoms with Crippen molar-refractivity contribution in [1.82, 2.24) is 9.97 Å². The third kappa shape index (κ3) is 2.76. The first-order chi connectivity index (χ1) is 10.1. The zero-order chi connectivity index (χ0) is 15.0. The fourth-order valence-electron chi connectivity index (χ4n) is 2.31. The lowest BCUT2D eigenvalue weighted by molar-refractivity contribution is 0.0981. The van der Waals surface area contributed by atoms with Gasteiger partial charge in [-0.1, -0.05) is 30.7 Å². The number of hydrogen-bond acceptors (Lipinski definition) is 4. The fourth-order valence-corrected chi connectivity index (χ4v) is 3.60. The van der Waals surface area contributed by atoms with E-state index in [2.05, 4.69) is 16.9 Å². The predicted molar refractivity (Wildman–Crippen MR) is 85.2 cm³/mol. The Morgan fingerprint density at radius 3 is 3.00 bits per heavy atom. The number of nitrogens with zero attached hydrogens (tertiary/aromatic N) is 3. The van der Waals surface area contributed by atoms with Crippen LogP contribution in [0.1, 0.15) is 23.2 Å². The molecule has 1 aromatic heterocycles. The number of aromatic nitrogens is 2. The molecular weight excluding hydrogens is 306 g/mol. The zero-order valence-corrected chi connectivity index (χ0v) is 13.3. The van der Waals surface area contributed by atoms with Gasteiger partial charge in [0.1, 0.15) is 5.82 Å². The molecule has 1 atom stereocenters. The summed E-state index contributed by atoms with van der Waals surface area (Å²) in [5, 5.41) is 0.611. The van der Waals surface area contributed by atoms with Crippen molar-refractivity contribution in [2.75, 3.05) is 11.4 Å². The Kier molecular flexibility index (Phi) is 3.87. The largest absolute Gasteiger partial charge is 0.305 e. The molecule has 0 bridgehead atoms. The molecule has 1 aliphatic rings. The second-order valence-electron chi connectivity index (χ2n) is 4.93. The van der Waals surface area contributed by atoms with E-state index in [1.807, 2.05) is 24.3 Å². The molecule has 3 rings (SSSR count). The summed E-state index contributed by atoms with van der Waals surface area (Å²) in [6.45, 7) is 4.49. The van der Waals surface area contributed by atoms with E-state index in [1.165, 1.54) is 6.20 Å². The van der Waals surface area contributed by atoms with Gasteiger partial charge in [-0.05, 0) is 19.1 Å². The quantitative estimate of drug-likeness (QED) is 0.806. The van der Waals surface area contributed by atoms with E-state index in [1.54, 1.807) is 23.6 Å². The minimum atomic E-state index is -0.176. The number of thioether (sulfide) groups is 1. The maximum absolute atomic E-state index is 12.8. The second kappa shape index (κ2) is 5.66. The van der Waals surface area contributed by atoms with Crippen LogP contribution in [0.3, 0.4) is 0 Å². The standard InChI is InChI=1S/C15H14ClN3OS/c1-9-8-19(12-5-3-4-6-13(12)21-9)15(20)14-11(16)7-17-10(2)18-14/h3-7,9H,8H2,1-2H3/t9-/m1/s1. The third-order valence-electron chi connectivity index (χ3n) is 3.24. The van der Waals surface area contributed by atoms with Gasteiger partial charge in [-0.3, -0.25) is 4.79 Å². The molecule has 4 nitrogen and oxygen atoms in total. The van der Waals surface area contributed by atoms with Gasteiger partial charge in [-0.15, -0.1) is 11.8 Å². The van der Waals surface area contributed by atoms with Crippen LogP contribution in [0.15, 0.2) is 35.4 Å². The Labute approximate surface area is 132 Å². The van der Waals surface area contributed by atoms with Crippen LogP contribution in [0, 0.1) is 6.92 Å². The van der Waals surface area contributed by atoms with E-state index < -0.39 is 0 Å². The smallest absolute Gasteiger partial charge is 0.278 e. The van der Waals surface area contributed by atoms with Crippen molar-refractivity contribution < 1.29 is 4.79 Å². The SMILES string of the molecule is Cc1ncc(Cl)c(C(=O)N2C[C@@H](C)Sc3ccccc32)n1. The Bertz CT molecular complexity index is 707. The molecule has 1 amide bonds. The summed E-state index contributed by atoms with van der Waals surface area (Å²) in [4.78, 5) is 23.9. The van der Waals surface area contributed by atoms with Crippen LogP contribution in [0.25, 0.3) is 0 Å². The van der Waals surface area contributed by atoms with Crippen molar-refractivity contribution in [3.05, 3.63) is 47.0 Å². The summed E-state index contributed by atoms with van der Waals surface area (Å²) in [5.41, 5.74) is 1.18. The average molecular weight is 320 g/mol. The lowest BCUT2D eigenvalue weighted by Gasteiger charge is -2.32. The topological polar surface area (TPSA) is 46.1 Å². The normalized spacial score (nSPS) is 17.5. The second-order valence-corrected chi connectivity index (χ2v) is 6.81. The molecule has 2 heterocycles. The number of carbonyl (C=O) groups excluding carboxylic acids is 1. The van der Waals surface area contributed by atoms with Crippen molar-refractivity contribution in [2.45, 2.75) is 24.0 Å². The number of aryl methyl sites for hydroxylation is 1. The van der Waals surface area contributed by atoms with Crippen LogP contribution in [0.2, 0.25) is 5.02 Å². The lowest BCUT2D eigenvalue weighted by Crippen LogP contribution is -2.39. The van der Waals surface area contributed by atoms with Gasteiger partial charge >= 0.3 is 0 Å². The molecule has 21 heavy (non-hydrogen) atoms. The van der Waals surface area contributed by atoms with Crippen LogP contribution in [-0.4, -0.2) is 27.7 Å². The number of benzene rings is 1. The maximum atomic E-state index is 12.8. The minimum absolute atomic E-state index is 0.176. The van der Waals surface area contributed by atoms with E-state index in [-0.39, 0.29) is 16.6 Å². The first-order valence-electron chi connectivity index (χ1n) is 6.63. The van der Waals surface area contributed by atoms with E-state index in [9.17, 15) is 4.79 Å². The van der Waals surface area contributed by atoms with Crippen LogP contribution in [-0.2, 0) is 0 Å². The van der Waals surface area contributed by atoms with Crippen molar-refractivity contribution >= 4 is 35.0 Å².